The first-order valence-electron chi connectivity index (χ1n) is 9.88. The lowest BCUT2D eigenvalue weighted by molar-refractivity contribution is -0.147. The zero-order valence-electron chi connectivity index (χ0n) is 18.3. The highest BCUT2D eigenvalue weighted by molar-refractivity contribution is 7.98. The van der Waals surface area contributed by atoms with Crippen molar-refractivity contribution < 1.29 is 48.9 Å². The zero-order valence-corrected chi connectivity index (χ0v) is 19.1. The lowest BCUT2D eigenvalue weighted by Crippen LogP contribution is -2.58. The molecule has 0 spiro atoms. The van der Waals surface area contributed by atoms with Crippen LogP contribution in [-0.4, -0.2) is 93.0 Å². The van der Waals surface area contributed by atoms with Crippen molar-refractivity contribution in [1.29, 1.82) is 0 Å². The van der Waals surface area contributed by atoms with E-state index in [0.717, 1.165) is 0 Å². The average Bonchev–Trinajstić information content (AvgIpc) is 2.72. The van der Waals surface area contributed by atoms with E-state index in [-0.39, 0.29) is 12.8 Å². The second-order valence-electron chi connectivity index (χ2n) is 7.11. The molecule has 16 heteroatoms. The van der Waals surface area contributed by atoms with Crippen LogP contribution in [0.2, 0.25) is 0 Å². The highest BCUT2D eigenvalue weighted by Crippen LogP contribution is 2.05. The van der Waals surface area contributed by atoms with Gasteiger partial charge in [-0.2, -0.15) is 11.8 Å². The summed E-state index contributed by atoms with van der Waals surface area (Å²) < 4.78 is 0. The molecule has 0 saturated carbocycles. The van der Waals surface area contributed by atoms with Gasteiger partial charge < -0.3 is 42.7 Å². The van der Waals surface area contributed by atoms with Crippen LogP contribution in [0.15, 0.2) is 0 Å². The van der Waals surface area contributed by atoms with Crippen molar-refractivity contribution >= 4 is 53.3 Å². The molecule has 4 amide bonds. The van der Waals surface area contributed by atoms with Gasteiger partial charge in [0.1, 0.15) is 18.1 Å². The number of hydrogen-bond donors (Lipinski definition) is 8. The average molecular weight is 508 g/mol. The number of rotatable bonds is 17. The van der Waals surface area contributed by atoms with Gasteiger partial charge in [0.15, 0.2) is 0 Å². The third-order valence-corrected chi connectivity index (χ3v) is 4.93. The van der Waals surface area contributed by atoms with Crippen LogP contribution in [0.3, 0.4) is 0 Å². The molecule has 0 aromatic rings. The first kappa shape index (κ1) is 30.6. The van der Waals surface area contributed by atoms with Crippen LogP contribution >= 0.6 is 11.8 Å². The minimum absolute atomic E-state index is 0.00745. The minimum Gasteiger partial charge on any atom is -0.481 e. The first-order chi connectivity index (χ1) is 15.8. The zero-order chi connectivity index (χ0) is 26.4. The van der Waals surface area contributed by atoms with Gasteiger partial charge in [-0.15, -0.1) is 0 Å². The summed E-state index contributed by atoms with van der Waals surface area (Å²) in [4.78, 5) is 81.5. The van der Waals surface area contributed by atoms with Crippen LogP contribution in [0.1, 0.15) is 32.1 Å². The summed E-state index contributed by atoms with van der Waals surface area (Å²) in [7, 11) is 0. The van der Waals surface area contributed by atoms with Gasteiger partial charge in [-0.3, -0.25) is 28.8 Å². The van der Waals surface area contributed by atoms with Gasteiger partial charge in [0.05, 0.1) is 18.9 Å². The number of nitrogens with two attached hydrogens (primary N) is 2. The van der Waals surface area contributed by atoms with Gasteiger partial charge in [-0.1, -0.05) is 0 Å². The molecule has 0 saturated heterocycles. The monoisotopic (exact) mass is 507 g/mol. The highest BCUT2D eigenvalue weighted by Gasteiger charge is 2.31. The van der Waals surface area contributed by atoms with Gasteiger partial charge in [-0.25, -0.2) is 4.79 Å². The second kappa shape index (κ2) is 15.4. The van der Waals surface area contributed by atoms with E-state index in [2.05, 4.69) is 10.6 Å². The first-order valence-corrected chi connectivity index (χ1v) is 11.3. The van der Waals surface area contributed by atoms with Gasteiger partial charge in [-0.05, 0) is 24.9 Å². The molecule has 0 aromatic carbocycles. The number of carbonyl (C=O) groups excluding carboxylic acids is 4. The Morgan fingerprint density at radius 3 is 1.76 bits per heavy atom. The van der Waals surface area contributed by atoms with Gasteiger partial charge in [0.2, 0.25) is 23.6 Å². The lowest BCUT2D eigenvalue weighted by Gasteiger charge is -2.24. The molecule has 4 unspecified atom stereocenters. The fourth-order valence-corrected chi connectivity index (χ4v) is 2.99. The summed E-state index contributed by atoms with van der Waals surface area (Å²) in [6.45, 7) is 0. The molecule has 0 radical (unpaired) electrons. The molecule has 0 fully saturated rings. The maximum absolute atomic E-state index is 12.7. The maximum atomic E-state index is 12.7. The van der Waals surface area contributed by atoms with Gasteiger partial charge in [0.25, 0.3) is 0 Å². The molecule has 15 nitrogen and oxygen atoms in total. The Balaban J connectivity index is 5.47. The van der Waals surface area contributed by atoms with Crippen LogP contribution in [0.4, 0.5) is 0 Å². The largest absolute Gasteiger partial charge is 0.481 e. The number of thioether (sulfide) groups is 1. The summed E-state index contributed by atoms with van der Waals surface area (Å²) in [6.07, 6.45) is -0.524. The van der Waals surface area contributed by atoms with Crippen LogP contribution in [0.25, 0.3) is 0 Å². The normalized spacial score (nSPS) is 14.1. The molecule has 0 bridgehead atoms. The quantitative estimate of drug-likeness (QED) is 0.0968. The Hall–Kier alpha value is -3.40. The molecule has 192 valence electrons. The molecule has 0 rings (SSSR count). The van der Waals surface area contributed by atoms with E-state index in [0.29, 0.717) is 5.75 Å². The SMILES string of the molecule is CSCCC(NC(=O)C(CC(N)=O)NC(=O)C(N)CCC(=O)O)C(=O)NC(CC(=O)O)C(=O)O. The van der Waals surface area contributed by atoms with Crippen molar-refractivity contribution in [3.05, 3.63) is 0 Å². The molecule has 4 atom stereocenters. The van der Waals surface area contributed by atoms with Crippen LogP contribution < -0.4 is 27.4 Å². The Kier molecular flexibility index (Phi) is 13.9. The van der Waals surface area contributed by atoms with E-state index < -0.39 is 85.0 Å². The van der Waals surface area contributed by atoms with Gasteiger partial charge in [0, 0.05) is 6.42 Å². The number of hydrogen-bond acceptors (Lipinski definition) is 9. The van der Waals surface area contributed by atoms with E-state index >= 15 is 0 Å². The molecule has 10 N–H and O–H groups in total. The third-order valence-electron chi connectivity index (χ3n) is 4.28. The van der Waals surface area contributed by atoms with Crippen molar-refractivity contribution in [2.45, 2.75) is 56.3 Å². The standard InChI is InChI=1S/C18H29N5O10S/c1-34-5-4-9(16(30)23-11(18(32)33)7-14(27)28)21-17(31)10(6-12(20)24)22-15(29)8(19)2-3-13(25)26/h8-11H,2-7,19H2,1H3,(H2,20,24)(H,21,31)(H,22,29)(H,23,30)(H,25,26)(H,27,28)(H,32,33). The van der Waals surface area contributed by atoms with Crippen molar-refractivity contribution in [1.82, 2.24) is 16.0 Å². The molecule has 0 aliphatic rings. The number of carbonyl (C=O) groups is 7. The number of amides is 4. The van der Waals surface area contributed by atoms with Crippen molar-refractivity contribution in [2.75, 3.05) is 12.0 Å². The summed E-state index contributed by atoms with van der Waals surface area (Å²) in [5, 5.41) is 33.1. The summed E-state index contributed by atoms with van der Waals surface area (Å²) >= 11 is 1.30. The number of carboxylic acid groups (broad SMARTS) is 3. The molecular formula is C18H29N5O10S. The predicted octanol–water partition coefficient (Wildman–Crippen LogP) is -3.18. The van der Waals surface area contributed by atoms with Crippen molar-refractivity contribution in [2.24, 2.45) is 11.5 Å². The van der Waals surface area contributed by atoms with E-state index in [9.17, 15) is 33.6 Å². The topological polar surface area (TPSA) is 268 Å². The van der Waals surface area contributed by atoms with Crippen LogP contribution in [0, 0.1) is 0 Å². The Labute approximate surface area is 198 Å². The van der Waals surface area contributed by atoms with E-state index in [1.807, 2.05) is 5.32 Å². The fraction of sp³-hybridized carbons (Fsp3) is 0.611. The molecule has 0 aliphatic heterocycles. The summed E-state index contributed by atoms with van der Waals surface area (Å²) in [5.74, 6) is -7.83. The third kappa shape index (κ3) is 12.6. The van der Waals surface area contributed by atoms with E-state index in [1.165, 1.54) is 11.8 Å². The summed E-state index contributed by atoms with van der Waals surface area (Å²) in [6, 6.07) is -5.95. The number of nitrogens with one attached hydrogen (secondary N) is 3. The molecule has 34 heavy (non-hydrogen) atoms. The predicted molar refractivity (Wildman–Crippen MR) is 117 cm³/mol. The van der Waals surface area contributed by atoms with E-state index in [4.69, 9.17) is 26.8 Å². The maximum Gasteiger partial charge on any atom is 0.326 e. The van der Waals surface area contributed by atoms with Gasteiger partial charge >= 0.3 is 17.9 Å². The summed E-state index contributed by atoms with van der Waals surface area (Å²) in [5.41, 5.74) is 10.7. The van der Waals surface area contributed by atoms with Crippen LogP contribution in [0.5, 0.6) is 0 Å². The molecule has 0 heterocycles. The van der Waals surface area contributed by atoms with Crippen molar-refractivity contribution in [3.8, 4) is 0 Å². The van der Waals surface area contributed by atoms with Crippen LogP contribution in [-0.2, 0) is 33.6 Å². The Morgan fingerprint density at radius 1 is 0.765 bits per heavy atom. The van der Waals surface area contributed by atoms with Crippen molar-refractivity contribution in [3.63, 3.8) is 0 Å². The number of primary amides is 1. The van der Waals surface area contributed by atoms with E-state index in [1.54, 1.807) is 6.26 Å². The lowest BCUT2D eigenvalue weighted by atomic mass is 10.1. The Bertz CT molecular complexity index is 793. The number of aliphatic carboxylic acids is 3. The number of carboxylic acids is 3. The second-order valence-corrected chi connectivity index (χ2v) is 8.10. The molecule has 0 aliphatic carbocycles. The highest BCUT2D eigenvalue weighted by atomic mass is 32.2. The minimum atomic E-state index is -1.76. The molecule has 0 aromatic heterocycles. The Morgan fingerprint density at radius 2 is 1.29 bits per heavy atom. The molecular weight excluding hydrogens is 478 g/mol. The smallest absolute Gasteiger partial charge is 0.326 e. The fourth-order valence-electron chi connectivity index (χ4n) is 2.52.